The number of carbonyl (C=O) groups is 1. The molecule has 0 aliphatic rings. The third kappa shape index (κ3) is 3.40. The fraction of sp³-hybridized carbons (Fsp3) is 0.353. The monoisotopic (exact) mass is 288 g/mol. The number of rotatable bonds is 5. The van der Waals surface area contributed by atoms with Gasteiger partial charge in [-0.2, -0.15) is 0 Å². The van der Waals surface area contributed by atoms with Gasteiger partial charge in [0.15, 0.2) is 0 Å². The predicted molar refractivity (Wildman–Crippen MR) is 80.9 cm³/mol. The zero-order valence-electron chi connectivity index (χ0n) is 12.2. The van der Waals surface area contributed by atoms with Gasteiger partial charge < -0.3 is 14.9 Å². The van der Waals surface area contributed by atoms with E-state index in [-0.39, 0.29) is 13.0 Å². The molecule has 0 heterocycles. The third-order valence-electron chi connectivity index (χ3n) is 3.53. The molecule has 2 aromatic carbocycles. The van der Waals surface area contributed by atoms with Crippen molar-refractivity contribution in [2.45, 2.75) is 32.5 Å². The van der Waals surface area contributed by atoms with Crippen molar-refractivity contribution in [2.24, 2.45) is 0 Å². The van der Waals surface area contributed by atoms with Crippen molar-refractivity contribution in [1.29, 1.82) is 0 Å². The number of carbonyl (C=O) groups excluding carboxylic acids is 1. The highest BCUT2D eigenvalue weighted by Crippen LogP contribution is 2.30. The lowest BCUT2D eigenvalue weighted by molar-refractivity contribution is -0.147. The molecule has 2 aromatic rings. The second-order valence-electron chi connectivity index (χ2n) is 5.04. The maximum atomic E-state index is 11.4. The Morgan fingerprint density at radius 3 is 2.62 bits per heavy atom. The zero-order valence-corrected chi connectivity index (χ0v) is 12.2. The van der Waals surface area contributed by atoms with Crippen LogP contribution < -0.4 is 0 Å². The molecule has 0 aliphatic carbocycles. The van der Waals surface area contributed by atoms with Crippen LogP contribution in [-0.2, 0) is 9.53 Å². The maximum absolute atomic E-state index is 11.4. The topological polar surface area (TPSA) is 66.8 Å². The van der Waals surface area contributed by atoms with Crippen molar-refractivity contribution >= 4 is 16.7 Å². The summed E-state index contributed by atoms with van der Waals surface area (Å²) in [5.41, 5.74) is 1.54. The summed E-state index contributed by atoms with van der Waals surface area (Å²) in [6.07, 6.45) is -2.54. The molecule has 0 fully saturated rings. The van der Waals surface area contributed by atoms with E-state index in [1.54, 1.807) is 6.92 Å². The molecule has 112 valence electrons. The Morgan fingerprint density at radius 2 is 1.90 bits per heavy atom. The molecule has 0 aromatic heterocycles. The summed E-state index contributed by atoms with van der Waals surface area (Å²) in [5.74, 6) is -0.512. The van der Waals surface area contributed by atoms with Gasteiger partial charge in [-0.15, -0.1) is 0 Å². The number of aliphatic hydroxyl groups is 2. The van der Waals surface area contributed by atoms with E-state index in [0.29, 0.717) is 5.56 Å². The second kappa shape index (κ2) is 6.70. The van der Waals surface area contributed by atoms with Gasteiger partial charge in [-0.3, -0.25) is 4.79 Å². The van der Waals surface area contributed by atoms with E-state index in [1.165, 1.54) is 0 Å². The number of benzene rings is 2. The molecular weight excluding hydrogens is 268 g/mol. The van der Waals surface area contributed by atoms with E-state index in [2.05, 4.69) is 0 Å². The van der Waals surface area contributed by atoms with Gasteiger partial charge in [0.2, 0.25) is 0 Å². The number of fused-ring (bicyclic) bond motifs is 1. The van der Waals surface area contributed by atoms with E-state index < -0.39 is 18.2 Å². The van der Waals surface area contributed by atoms with Gasteiger partial charge in [0.05, 0.1) is 19.1 Å². The van der Waals surface area contributed by atoms with E-state index >= 15 is 0 Å². The van der Waals surface area contributed by atoms with Crippen LogP contribution in [-0.4, -0.2) is 28.9 Å². The molecule has 0 saturated carbocycles. The first-order valence-corrected chi connectivity index (χ1v) is 7.04. The lowest BCUT2D eigenvalue weighted by Crippen LogP contribution is -2.24. The Balaban J connectivity index is 2.32. The Morgan fingerprint density at radius 1 is 1.19 bits per heavy atom. The standard InChI is InChI=1S/C17H20O4/c1-3-21-15(19)10-14(18)17(20)16-11(2)8-9-12-6-4-5-7-13(12)16/h4-9,14,17-18,20H,3,10H2,1-2H3. The Kier molecular flexibility index (Phi) is 4.94. The van der Waals surface area contributed by atoms with Crippen LogP contribution in [0, 0.1) is 6.92 Å². The fourth-order valence-electron chi connectivity index (χ4n) is 2.49. The molecule has 2 N–H and O–H groups in total. The average Bonchev–Trinajstić information content (AvgIpc) is 2.46. The zero-order chi connectivity index (χ0) is 15.4. The number of aliphatic hydroxyl groups excluding tert-OH is 2. The van der Waals surface area contributed by atoms with Crippen LogP contribution in [0.2, 0.25) is 0 Å². The number of aryl methyl sites for hydroxylation is 1. The fourth-order valence-corrected chi connectivity index (χ4v) is 2.49. The lowest BCUT2D eigenvalue weighted by Gasteiger charge is -2.21. The van der Waals surface area contributed by atoms with Crippen LogP contribution in [0.25, 0.3) is 10.8 Å². The lowest BCUT2D eigenvalue weighted by atomic mass is 9.92. The Labute approximate surface area is 124 Å². The summed E-state index contributed by atoms with van der Waals surface area (Å²) in [5, 5.41) is 22.4. The quantitative estimate of drug-likeness (QED) is 0.830. The van der Waals surface area contributed by atoms with Crippen molar-refractivity contribution in [2.75, 3.05) is 6.61 Å². The molecule has 4 heteroatoms. The average molecular weight is 288 g/mol. The van der Waals surface area contributed by atoms with Gasteiger partial charge in [-0.1, -0.05) is 36.4 Å². The minimum atomic E-state index is -1.19. The summed E-state index contributed by atoms with van der Waals surface area (Å²) in [6.45, 7) is 3.84. The number of ether oxygens (including phenoxy) is 1. The van der Waals surface area contributed by atoms with Gasteiger partial charge in [0, 0.05) is 0 Å². The van der Waals surface area contributed by atoms with Crippen molar-refractivity contribution in [3.63, 3.8) is 0 Å². The smallest absolute Gasteiger partial charge is 0.308 e. The predicted octanol–water partition coefficient (Wildman–Crippen LogP) is 2.50. The highest BCUT2D eigenvalue weighted by molar-refractivity contribution is 5.87. The van der Waals surface area contributed by atoms with Crippen LogP contribution in [0.15, 0.2) is 36.4 Å². The highest BCUT2D eigenvalue weighted by atomic mass is 16.5. The molecule has 0 amide bonds. The summed E-state index contributed by atoms with van der Waals surface area (Å²) in [7, 11) is 0. The molecule has 0 spiro atoms. The summed E-state index contributed by atoms with van der Waals surface area (Å²) < 4.78 is 4.81. The first-order chi connectivity index (χ1) is 10.0. The molecule has 2 atom stereocenters. The van der Waals surface area contributed by atoms with E-state index in [9.17, 15) is 15.0 Å². The highest BCUT2D eigenvalue weighted by Gasteiger charge is 2.24. The van der Waals surface area contributed by atoms with E-state index in [1.807, 2.05) is 43.3 Å². The third-order valence-corrected chi connectivity index (χ3v) is 3.53. The molecule has 2 unspecified atom stereocenters. The number of esters is 1. The molecule has 0 saturated heterocycles. The van der Waals surface area contributed by atoms with Crippen LogP contribution in [0.1, 0.15) is 30.6 Å². The van der Waals surface area contributed by atoms with Crippen LogP contribution in [0.5, 0.6) is 0 Å². The summed E-state index contributed by atoms with van der Waals surface area (Å²) >= 11 is 0. The van der Waals surface area contributed by atoms with Gasteiger partial charge in [0.1, 0.15) is 6.10 Å². The van der Waals surface area contributed by atoms with Crippen molar-refractivity contribution in [1.82, 2.24) is 0 Å². The van der Waals surface area contributed by atoms with E-state index in [0.717, 1.165) is 16.3 Å². The Bertz CT molecular complexity index is 636. The van der Waals surface area contributed by atoms with Gasteiger partial charge >= 0.3 is 5.97 Å². The van der Waals surface area contributed by atoms with Gasteiger partial charge in [0.25, 0.3) is 0 Å². The molecule has 21 heavy (non-hydrogen) atoms. The van der Waals surface area contributed by atoms with Crippen LogP contribution >= 0.6 is 0 Å². The molecule has 0 bridgehead atoms. The van der Waals surface area contributed by atoms with Gasteiger partial charge in [-0.05, 0) is 35.7 Å². The number of hydrogen-bond acceptors (Lipinski definition) is 4. The van der Waals surface area contributed by atoms with Crippen molar-refractivity contribution in [3.8, 4) is 0 Å². The molecular formula is C17H20O4. The minimum absolute atomic E-state index is 0.225. The van der Waals surface area contributed by atoms with Crippen LogP contribution in [0.4, 0.5) is 0 Å². The molecule has 4 nitrogen and oxygen atoms in total. The first-order valence-electron chi connectivity index (χ1n) is 7.04. The minimum Gasteiger partial charge on any atom is -0.466 e. The first kappa shape index (κ1) is 15.5. The summed E-state index contributed by atoms with van der Waals surface area (Å²) in [4.78, 5) is 11.4. The van der Waals surface area contributed by atoms with Crippen molar-refractivity contribution in [3.05, 3.63) is 47.5 Å². The van der Waals surface area contributed by atoms with Gasteiger partial charge in [-0.25, -0.2) is 0 Å². The number of hydrogen-bond donors (Lipinski definition) is 2. The Hall–Kier alpha value is -1.91. The summed E-state index contributed by atoms with van der Waals surface area (Å²) in [6, 6.07) is 11.5. The molecule has 2 rings (SSSR count). The SMILES string of the molecule is CCOC(=O)CC(O)C(O)c1c(C)ccc2ccccc12. The normalized spacial score (nSPS) is 13.9. The van der Waals surface area contributed by atoms with Crippen LogP contribution in [0.3, 0.4) is 0 Å². The molecule has 0 aliphatic heterocycles. The maximum Gasteiger partial charge on any atom is 0.308 e. The molecule has 0 radical (unpaired) electrons. The second-order valence-corrected chi connectivity index (χ2v) is 5.04. The largest absolute Gasteiger partial charge is 0.466 e. The van der Waals surface area contributed by atoms with Crippen molar-refractivity contribution < 1.29 is 19.7 Å². The van der Waals surface area contributed by atoms with E-state index in [4.69, 9.17) is 4.74 Å².